The van der Waals surface area contributed by atoms with Gasteiger partial charge in [0.05, 0.1) is 6.54 Å². The third-order valence-corrected chi connectivity index (χ3v) is 3.40. The second-order valence-corrected chi connectivity index (χ2v) is 5.32. The molecule has 0 aliphatic heterocycles. The van der Waals surface area contributed by atoms with Crippen molar-refractivity contribution in [1.29, 1.82) is 0 Å². The van der Waals surface area contributed by atoms with Crippen LogP contribution in [0.4, 0.5) is 5.69 Å². The number of hydrogen-bond donors (Lipinski definition) is 0. The molecule has 2 aromatic carbocycles. The number of para-hydroxylation sites is 1. The molecule has 0 heterocycles. The Morgan fingerprint density at radius 1 is 0.955 bits per heavy atom. The molecular weight excluding hydrogens is 270 g/mol. The van der Waals surface area contributed by atoms with Gasteiger partial charge in [0.25, 0.3) is 0 Å². The third-order valence-electron chi connectivity index (χ3n) is 3.40. The topological polar surface area (TPSA) is 12.5 Å². The van der Waals surface area contributed by atoms with Gasteiger partial charge in [0.1, 0.15) is 12.4 Å². The highest BCUT2D eigenvalue weighted by Gasteiger charge is 2.00. The van der Waals surface area contributed by atoms with E-state index in [2.05, 4.69) is 67.8 Å². The maximum atomic E-state index is 5.70. The van der Waals surface area contributed by atoms with Gasteiger partial charge in [-0.05, 0) is 56.2 Å². The number of benzene rings is 2. The highest BCUT2D eigenvalue weighted by Crippen LogP contribution is 2.16. The summed E-state index contributed by atoms with van der Waals surface area (Å²) < 4.78 is 5.70. The van der Waals surface area contributed by atoms with E-state index < -0.39 is 0 Å². The zero-order chi connectivity index (χ0) is 15.8. The van der Waals surface area contributed by atoms with Gasteiger partial charge in [0.2, 0.25) is 0 Å². The Kier molecular flexibility index (Phi) is 5.91. The fourth-order valence-corrected chi connectivity index (χ4v) is 2.36. The molecular formula is C20H23NO. The molecule has 2 rings (SSSR count). The van der Waals surface area contributed by atoms with Crippen LogP contribution in [0.2, 0.25) is 0 Å². The van der Waals surface area contributed by atoms with Gasteiger partial charge < -0.3 is 9.64 Å². The van der Waals surface area contributed by atoms with Gasteiger partial charge in [-0.2, -0.15) is 0 Å². The second-order valence-electron chi connectivity index (χ2n) is 5.32. The summed E-state index contributed by atoms with van der Waals surface area (Å²) in [6.45, 7) is 8.37. The van der Waals surface area contributed by atoms with E-state index in [-0.39, 0.29) is 0 Å². The Hall–Kier alpha value is -2.40. The van der Waals surface area contributed by atoms with Crippen molar-refractivity contribution in [2.45, 2.75) is 20.8 Å². The van der Waals surface area contributed by atoms with E-state index in [0.29, 0.717) is 6.61 Å². The maximum absolute atomic E-state index is 5.70. The van der Waals surface area contributed by atoms with Crippen LogP contribution in [-0.4, -0.2) is 19.7 Å². The molecule has 0 spiro atoms. The lowest BCUT2D eigenvalue weighted by atomic mass is 10.1. The molecule has 0 N–H and O–H groups in total. The Bertz CT molecular complexity index is 632. The Balaban J connectivity index is 1.86. The zero-order valence-electron chi connectivity index (χ0n) is 13.6. The summed E-state index contributed by atoms with van der Waals surface area (Å²) in [5.74, 6) is 7.17. The van der Waals surface area contributed by atoms with Crippen LogP contribution in [0.15, 0.2) is 48.5 Å². The van der Waals surface area contributed by atoms with Crippen LogP contribution >= 0.6 is 0 Å². The molecule has 0 fully saturated rings. The predicted octanol–water partition coefficient (Wildman–Crippen LogP) is 4.21. The summed E-state index contributed by atoms with van der Waals surface area (Å²) in [4.78, 5) is 2.24. The molecule has 0 atom stereocenters. The molecule has 2 aromatic rings. The quantitative estimate of drug-likeness (QED) is 0.766. The van der Waals surface area contributed by atoms with Crippen molar-refractivity contribution in [1.82, 2.24) is 0 Å². The van der Waals surface area contributed by atoms with Crippen molar-refractivity contribution in [3.8, 4) is 17.6 Å². The molecule has 0 bridgehead atoms. The van der Waals surface area contributed by atoms with E-state index in [0.717, 1.165) is 18.8 Å². The number of rotatable bonds is 5. The highest BCUT2D eigenvalue weighted by atomic mass is 16.5. The molecule has 114 valence electrons. The predicted molar refractivity (Wildman–Crippen MR) is 93.5 cm³/mol. The lowest BCUT2D eigenvalue weighted by Crippen LogP contribution is -2.22. The molecule has 0 radical (unpaired) electrons. The minimum atomic E-state index is 0.426. The second kappa shape index (κ2) is 8.14. The first-order valence-corrected chi connectivity index (χ1v) is 7.66. The van der Waals surface area contributed by atoms with Crippen molar-refractivity contribution in [2.75, 3.05) is 24.6 Å². The molecule has 0 amide bonds. The minimum absolute atomic E-state index is 0.426. The molecule has 2 nitrogen and oxygen atoms in total. The zero-order valence-corrected chi connectivity index (χ0v) is 13.6. The summed E-state index contributed by atoms with van der Waals surface area (Å²) in [7, 11) is 0. The van der Waals surface area contributed by atoms with E-state index in [1.807, 2.05) is 18.2 Å². The summed E-state index contributed by atoms with van der Waals surface area (Å²) >= 11 is 0. The first kappa shape index (κ1) is 16.0. The van der Waals surface area contributed by atoms with Gasteiger partial charge in [0.15, 0.2) is 0 Å². The summed E-state index contributed by atoms with van der Waals surface area (Å²) in [5, 5.41) is 0. The number of anilines is 1. The van der Waals surface area contributed by atoms with Crippen molar-refractivity contribution >= 4 is 5.69 Å². The van der Waals surface area contributed by atoms with Crippen LogP contribution in [0.25, 0.3) is 0 Å². The Labute approximate surface area is 133 Å². The molecule has 0 unspecified atom stereocenters. The molecule has 2 heteroatoms. The van der Waals surface area contributed by atoms with Gasteiger partial charge >= 0.3 is 0 Å². The fraction of sp³-hybridized carbons (Fsp3) is 0.300. The van der Waals surface area contributed by atoms with Crippen LogP contribution in [0.1, 0.15) is 18.1 Å². The maximum Gasteiger partial charge on any atom is 0.149 e. The average molecular weight is 293 g/mol. The summed E-state index contributed by atoms with van der Waals surface area (Å²) in [6, 6.07) is 16.6. The summed E-state index contributed by atoms with van der Waals surface area (Å²) in [6.07, 6.45) is 0. The van der Waals surface area contributed by atoms with Crippen LogP contribution in [0.3, 0.4) is 0 Å². The van der Waals surface area contributed by atoms with Crippen molar-refractivity contribution in [3.05, 3.63) is 59.7 Å². The molecule has 0 aromatic heterocycles. The van der Waals surface area contributed by atoms with Gasteiger partial charge in [-0.3, -0.25) is 0 Å². The Morgan fingerprint density at radius 2 is 1.64 bits per heavy atom. The van der Waals surface area contributed by atoms with E-state index in [1.165, 1.54) is 16.8 Å². The van der Waals surface area contributed by atoms with Crippen molar-refractivity contribution in [3.63, 3.8) is 0 Å². The van der Waals surface area contributed by atoms with Crippen molar-refractivity contribution in [2.24, 2.45) is 0 Å². The molecule has 0 aliphatic carbocycles. The minimum Gasteiger partial charge on any atom is -0.481 e. The number of nitrogens with zero attached hydrogens (tertiary/aromatic N) is 1. The van der Waals surface area contributed by atoms with Crippen LogP contribution in [-0.2, 0) is 0 Å². The first-order chi connectivity index (χ1) is 10.7. The van der Waals surface area contributed by atoms with Gasteiger partial charge in [-0.25, -0.2) is 0 Å². The molecule has 22 heavy (non-hydrogen) atoms. The summed E-state index contributed by atoms with van der Waals surface area (Å²) in [5.41, 5.74) is 3.63. The number of hydrogen-bond acceptors (Lipinski definition) is 2. The fourth-order valence-electron chi connectivity index (χ4n) is 2.36. The Morgan fingerprint density at radius 3 is 2.27 bits per heavy atom. The van der Waals surface area contributed by atoms with Crippen LogP contribution < -0.4 is 9.64 Å². The standard InChI is InChI=1S/C20H23NO/c1-4-21(19-10-6-5-7-11-19)12-8-9-13-22-20-15-17(2)14-18(3)16-20/h5-7,10-11,14-16H,4,12-13H2,1-3H3. The highest BCUT2D eigenvalue weighted by molar-refractivity contribution is 5.47. The lowest BCUT2D eigenvalue weighted by Gasteiger charge is -2.19. The van der Waals surface area contributed by atoms with Crippen LogP contribution in [0.5, 0.6) is 5.75 Å². The average Bonchev–Trinajstić information content (AvgIpc) is 2.51. The van der Waals surface area contributed by atoms with E-state index in [1.54, 1.807) is 0 Å². The molecule has 0 saturated carbocycles. The largest absolute Gasteiger partial charge is 0.481 e. The normalized spacial score (nSPS) is 9.77. The van der Waals surface area contributed by atoms with Gasteiger partial charge in [-0.1, -0.05) is 36.1 Å². The lowest BCUT2D eigenvalue weighted by molar-refractivity contribution is 0.369. The van der Waals surface area contributed by atoms with Gasteiger partial charge in [-0.15, -0.1) is 0 Å². The third kappa shape index (κ3) is 4.86. The smallest absolute Gasteiger partial charge is 0.149 e. The number of aryl methyl sites for hydroxylation is 2. The van der Waals surface area contributed by atoms with Gasteiger partial charge in [0, 0.05) is 12.2 Å². The van der Waals surface area contributed by atoms with E-state index >= 15 is 0 Å². The SMILES string of the molecule is CCN(CC#CCOc1cc(C)cc(C)c1)c1ccccc1. The number of ether oxygens (including phenoxy) is 1. The van der Waals surface area contributed by atoms with Crippen LogP contribution in [0, 0.1) is 25.7 Å². The molecule has 0 aliphatic rings. The monoisotopic (exact) mass is 293 g/mol. The van der Waals surface area contributed by atoms with E-state index in [9.17, 15) is 0 Å². The molecule has 0 saturated heterocycles. The first-order valence-electron chi connectivity index (χ1n) is 7.66. The van der Waals surface area contributed by atoms with E-state index in [4.69, 9.17) is 4.74 Å². The van der Waals surface area contributed by atoms with Crippen molar-refractivity contribution < 1.29 is 4.74 Å².